The third-order valence-electron chi connectivity index (χ3n) is 1.93. The van der Waals surface area contributed by atoms with Gasteiger partial charge in [-0.2, -0.15) is 0 Å². The molecule has 0 spiro atoms. The van der Waals surface area contributed by atoms with E-state index in [2.05, 4.69) is 4.98 Å². The van der Waals surface area contributed by atoms with Gasteiger partial charge in [-0.15, -0.1) is 0 Å². The summed E-state index contributed by atoms with van der Waals surface area (Å²) in [4.78, 5) is 14.9. The van der Waals surface area contributed by atoms with Crippen molar-refractivity contribution in [2.75, 3.05) is 18.6 Å². The highest BCUT2D eigenvalue weighted by molar-refractivity contribution is 7.90. The first-order valence-electron chi connectivity index (χ1n) is 4.95. The molecule has 0 fully saturated rings. The zero-order valence-corrected chi connectivity index (χ0v) is 10.2. The fraction of sp³-hybridized carbons (Fsp3) is 0.400. The summed E-state index contributed by atoms with van der Waals surface area (Å²) in [6.07, 6.45) is 2.97. The molecule has 2 N–H and O–H groups in total. The van der Waals surface area contributed by atoms with Crippen molar-refractivity contribution in [1.82, 2.24) is 4.98 Å². The molecule has 0 aliphatic carbocycles. The van der Waals surface area contributed by atoms with Crippen molar-refractivity contribution in [3.63, 3.8) is 0 Å². The molecule has 1 aromatic rings. The van der Waals surface area contributed by atoms with E-state index in [0.717, 1.165) is 6.26 Å². The molecule has 0 radical (unpaired) electrons. The summed E-state index contributed by atoms with van der Waals surface area (Å²) in [5.41, 5.74) is 5.32. The van der Waals surface area contributed by atoms with Crippen LogP contribution in [0.5, 0.6) is 5.88 Å². The molecule has 0 aliphatic heterocycles. The van der Waals surface area contributed by atoms with Crippen LogP contribution in [0, 0.1) is 0 Å². The number of ether oxygens (including phenoxy) is 1. The topological polar surface area (TPSA) is 99.3 Å². The van der Waals surface area contributed by atoms with Crippen LogP contribution in [0.15, 0.2) is 18.3 Å². The zero-order valence-electron chi connectivity index (χ0n) is 9.42. The lowest BCUT2D eigenvalue weighted by Crippen LogP contribution is -2.15. The highest BCUT2D eigenvalue weighted by Gasteiger charge is 2.10. The molecule has 7 heteroatoms. The summed E-state index contributed by atoms with van der Waals surface area (Å²) in [6, 6.07) is 3.07. The largest absolute Gasteiger partial charge is 0.477 e. The predicted molar refractivity (Wildman–Crippen MR) is 62.6 cm³/mol. The second-order valence-corrected chi connectivity index (χ2v) is 5.81. The van der Waals surface area contributed by atoms with E-state index in [4.69, 9.17) is 10.5 Å². The third-order valence-corrected chi connectivity index (χ3v) is 2.97. The summed E-state index contributed by atoms with van der Waals surface area (Å²) in [6.45, 7) is 0.171. The molecule has 1 heterocycles. The first kappa shape index (κ1) is 13.4. The summed E-state index contributed by atoms with van der Waals surface area (Å²) in [7, 11) is -3.00. The van der Waals surface area contributed by atoms with Crippen molar-refractivity contribution >= 4 is 15.7 Å². The highest BCUT2D eigenvalue weighted by atomic mass is 32.2. The normalized spacial score (nSPS) is 11.1. The maximum Gasteiger partial charge on any atom is 0.254 e. The Morgan fingerprint density at radius 2 is 2.24 bits per heavy atom. The van der Waals surface area contributed by atoms with Gasteiger partial charge < -0.3 is 10.5 Å². The average Bonchev–Trinajstić information content (AvgIpc) is 2.23. The number of primary amides is 1. The van der Waals surface area contributed by atoms with Gasteiger partial charge >= 0.3 is 0 Å². The van der Waals surface area contributed by atoms with Crippen molar-refractivity contribution in [2.24, 2.45) is 5.73 Å². The number of nitrogens with two attached hydrogens (primary N) is 1. The number of hydrogen-bond acceptors (Lipinski definition) is 5. The number of amides is 1. The van der Waals surface area contributed by atoms with Crippen LogP contribution in [0.1, 0.15) is 16.8 Å². The Morgan fingerprint density at radius 3 is 2.82 bits per heavy atom. The van der Waals surface area contributed by atoms with Crippen molar-refractivity contribution in [2.45, 2.75) is 6.42 Å². The molecule has 94 valence electrons. The van der Waals surface area contributed by atoms with Gasteiger partial charge in [0.15, 0.2) is 0 Å². The van der Waals surface area contributed by atoms with Gasteiger partial charge in [0.1, 0.15) is 15.4 Å². The lowest BCUT2D eigenvalue weighted by atomic mass is 10.2. The molecule has 0 unspecified atom stereocenters. The van der Waals surface area contributed by atoms with Crippen LogP contribution < -0.4 is 10.5 Å². The zero-order chi connectivity index (χ0) is 12.9. The predicted octanol–water partition coefficient (Wildman–Crippen LogP) is -0.00600. The average molecular weight is 258 g/mol. The molecule has 0 aliphatic rings. The number of aromatic nitrogens is 1. The van der Waals surface area contributed by atoms with Crippen LogP contribution in [0.25, 0.3) is 0 Å². The second-order valence-electron chi connectivity index (χ2n) is 3.55. The fourth-order valence-corrected chi connectivity index (χ4v) is 1.83. The SMILES string of the molecule is CS(=O)(=O)CCCOc1ncccc1C(N)=O. The Labute approximate surface area is 99.7 Å². The molecule has 0 saturated heterocycles. The first-order chi connectivity index (χ1) is 7.90. The van der Waals surface area contributed by atoms with Gasteiger partial charge in [0, 0.05) is 12.5 Å². The van der Waals surface area contributed by atoms with E-state index in [-0.39, 0.29) is 23.8 Å². The van der Waals surface area contributed by atoms with Crippen LogP contribution in [-0.2, 0) is 9.84 Å². The van der Waals surface area contributed by atoms with E-state index in [0.29, 0.717) is 6.42 Å². The van der Waals surface area contributed by atoms with E-state index in [1.54, 1.807) is 6.07 Å². The lowest BCUT2D eigenvalue weighted by Gasteiger charge is -2.07. The van der Waals surface area contributed by atoms with E-state index in [1.165, 1.54) is 12.3 Å². The van der Waals surface area contributed by atoms with Gasteiger partial charge in [0.25, 0.3) is 5.91 Å². The number of nitrogens with zero attached hydrogens (tertiary/aromatic N) is 1. The quantitative estimate of drug-likeness (QED) is 0.724. The molecule has 0 saturated carbocycles. The van der Waals surface area contributed by atoms with Crippen LogP contribution >= 0.6 is 0 Å². The van der Waals surface area contributed by atoms with Gasteiger partial charge in [0.05, 0.1) is 12.4 Å². The summed E-state index contributed by atoms with van der Waals surface area (Å²) in [5, 5.41) is 0. The molecule has 0 bridgehead atoms. The lowest BCUT2D eigenvalue weighted by molar-refractivity contribution is 0.0995. The van der Waals surface area contributed by atoms with Crippen molar-refractivity contribution in [3.8, 4) is 5.88 Å². The summed E-state index contributed by atoms with van der Waals surface area (Å²) >= 11 is 0. The molecule has 17 heavy (non-hydrogen) atoms. The molecule has 1 amide bonds. The van der Waals surface area contributed by atoms with E-state index in [9.17, 15) is 13.2 Å². The first-order valence-corrected chi connectivity index (χ1v) is 7.01. The monoisotopic (exact) mass is 258 g/mol. The summed E-state index contributed by atoms with van der Waals surface area (Å²) < 4.78 is 27.0. The van der Waals surface area contributed by atoms with Crippen LogP contribution in [0.3, 0.4) is 0 Å². The Bertz CT molecular complexity index is 499. The van der Waals surface area contributed by atoms with Crippen LogP contribution in [0.4, 0.5) is 0 Å². The van der Waals surface area contributed by atoms with E-state index in [1.807, 2.05) is 0 Å². The Kier molecular flexibility index (Phi) is 4.45. The fourth-order valence-electron chi connectivity index (χ4n) is 1.18. The Morgan fingerprint density at radius 1 is 1.53 bits per heavy atom. The molecular weight excluding hydrogens is 244 g/mol. The number of sulfone groups is 1. The minimum Gasteiger partial charge on any atom is -0.477 e. The summed E-state index contributed by atoms with van der Waals surface area (Å²) in [5.74, 6) is -0.462. The van der Waals surface area contributed by atoms with Crippen molar-refractivity contribution < 1.29 is 17.9 Å². The number of hydrogen-bond donors (Lipinski definition) is 1. The standard InChI is InChI=1S/C10H14N2O4S/c1-17(14,15)7-3-6-16-10-8(9(11)13)4-2-5-12-10/h2,4-5H,3,6-7H2,1H3,(H2,11,13). The van der Waals surface area contributed by atoms with Gasteiger partial charge in [0.2, 0.25) is 5.88 Å². The Hall–Kier alpha value is -1.63. The minimum absolute atomic E-state index is 0.0335. The molecule has 6 nitrogen and oxygen atoms in total. The number of carbonyl (C=O) groups is 1. The van der Waals surface area contributed by atoms with Gasteiger partial charge in [-0.05, 0) is 18.6 Å². The molecule has 1 rings (SSSR count). The van der Waals surface area contributed by atoms with Gasteiger partial charge in [-0.1, -0.05) is 0 Å². The Balaban J connectivity index is 2.55. The minimum atomic E-state index is -3.00. The number of pyridine rings is 1. The maximum atomic E-state index is 11.0. The number of rotatable bonds is 6. The van der Waals surface area contributed by atoms with Gasteiger partial charge in [-0.25, -0.2) is 13.4 Å². The highest BCUT2D eigenvalue weighted by Crippen LogP contribution is 2.13. The van der Waals surface area contributed by atoms with E-state index < -0.39 is 15.7 Å². The van der Waals surface area contributed by atoms with Crippen LogP contribution in [0.2, 0.25) is 0 Å². The van der Waals surface area contributed by atoms with E-state index >= 15 is 0 Å². The van der Waals surface area contributed by atoms with Gasteiger partial charge in [-0.3, -0.25) is 4.79 Å². The smallest absolute Gasteiger partial charge is 0.254 e. The van der Waals surface area contributed by atoms with Crippen LogP contribution in [-0.4, -0.2) is 37.9 Å². The third kappa shape index (κ3) is 4.81. The molecule has 1 aromatic heterocycles. The molecular formula is C10H14N2O4S. The molecule has 0 atom stereocenters. The number of carbonyl (C=O) groups excluding carboxylic acids is 1. The second kappa shape index (κ2) is 5.62. The van der Waals surface area contributed by atoms with Crippen molar-refractivity contribution in [1.29, 1.82) is 0 Å². The van der Waals surface area contributed by atoms with Crippen molar-refractivity contribution in [3.05, 3.63) is 23.9 Å². The molecule has 0 aromatic carbocycles. The maximum absolute atomic E-state index is 11.0.